The number of benzene rings is 1. The average molecular weight is 358 g/mol. The lowest BCUT2D eigenvalue weighted by molar-refractivity contribution is -0.147. The Morgan fingerprint density at radius 3 is 2.50 bits per heavy atom. The van der Waals surface area contributed by atoms with Crippen LogP contribution in [0, 0.1) is 11.8 Å². The molecule has 2 atom stereocenters. The Hall–Kier alpha value is -2.37. The molecule has 2 unspecified atom stereocenters. The molecule has 2 aliphatic heterocycles. The third kappa shape index (κ3) is 3.74. The molecule has 2 heterocycles. The van der Waals surface area contributed by atoms with Gasteiger partial charge in [0.1, 0.15) is 6.04 Å². The Labute approximate surface area is 153 Å². The lowest BCUT2D eigenvalue weighted by Crippen LogP contribution is -2.53. The van der Waals surface area contributed by atoms with Crippen molar-refractivity contribution >= 4 is 17.8 Å². The van der Waals surface area contributed by atoms with Gasteiger partial charge in [-0.15, -0.1) is 0 Å². The summed E-state index contributed by atoms with van der Waals surface area (Å²) in [5.41, 5.74) is 2.17. The maximum absolute atomic E-state index is 13.1. The molecule has 6 heteroatoms. The van der Waals surface area contributed by atoms with Crippen molar-refractivity contribution in [1.29, 1.82) is 0 Å². The molecule has 1 aromatic rings. The third-order valence-corrected chi connectivity index (χ3v) is 5.29. The van der Waals surface area contributed by atoms with Crippen molar-refractivity contribution in [2.45, 2.75) is 45.7 Å². The van der Waals surface area contributed by atoms with Crippen molar-refractivity contribution in [1.82, 2.24) is 9.80 Å². The van der Waals surface area contributed by atoms with Crippen LogP contribution in [-0.2, 0) is 27.3 Å². The van der Waals surface area contributed by atoms with Gasteiger partial charge in [0.05, 0.1) is 5.92 Å². The Morgan fingerprint density at radius 1 is 1.19 bits per heavy atom. The van der Waals surface area contributed by atoms with Gasteiger partial charge in [0.2, 0.25) is 11.8 Å². The fourth-order valence-electron chi connectivity index (χ4n) is 3.84. The first-order chi connectivity index (χ1) is 12.4. The highest BCUT2D eigenvalue weighted by molar-refractivity contribution is 5.89. The van der Waals surface area contributed by atoms with Crippen LogP contribution in [0.1, 0.15) is 37.8 Å². The number of fused-ring (bicyclic) bond motifs is 1. The molecule has 0 saturated carbocycles. The number of carboxylic acid groups (broad SMARTS) is 1. The van der Waals surface area contributed by atoms with Gasteiger partial charge in [0.25, 0.3) is 0 Å². The number of likely N-dealkylation sites (tertiary alicyclic amines) is 1. The molecule has 1 aromatic carbocycles. The minimum atomic E-state index is -0.859. The normalized spacial score (nSPS) is 22.4. The van der Waals surface area contributed by atoms with Crippen molar-refractivity contribution in [3.63, 3.8) is 0 Å². The number of rotatable bonds is 4. The van der Waals surface area contributed by atoms with Gasteiger partial charge in [-0.3, -0.25) is 14.4 Å². The van der Waals surface area contributed by atoms with E-state index in [1.807, 2.05) is 38.1 Å². The summed E-state index contributed by atoms with van der Waals surface area (Å²) >= 11 is 0. The smallest absolute Gasteiger partial charge is 0.308 e. The molecule has 1 saturated heterocycles. The van der Waals surface area contributed by atoms with Crippen LogP contribution in [0.5, 0.6) is 0 Å². The molecule has 0 spiro atoms. The predicted octanol–water partition coefficient (Wildman–Crippen LogP) is 1.92. The van der Waals surface area contributed by atoms with Gasteiger partial charge >= 0.3 is 5.97 Å². The fraction of sp³-hybridized carbons (Fsp3) is 0.550. The van der Waals surface area contributed by atoms with E-state index in [0.29, 0.717) is 32.4 Å². The van der Waals surface area contributed by atoms with E-state index in [0.717, 1.165) is 11.1 Å². The van der Waals surface area contributed by atoms with Crippen LogP contribution in [-0.4, -0.2) is 51.8 Å². The third-order valence-electron chi connectivity index (χ3n) is 5.29. The molecule has 0 bridgehead atoms. The van der Waals surface area contributed by atoms with Gasteiger partial charge < -0.3 is 14.9 Å². The van der Waals surface area contributed by atoms with Gasteiger partial charge in [0, 0.05) is 32.5 Å². The summed E-state index contributed by atoms with van der Waals surface area (Å²) in [4.78, 5) is 40.4. The first-order valence-corrected chi connectivity index (χ1v) is 9.24. The molecule has 2 amide bonds. The summed E-state index contributed by atoms with van der Waals surface area (Å²) < 4.78 is 0. The molecular weight excluding hydrogens is 332 g/mol. The topological polar surface area (TPSA) is 77.9 Å². The number of carbonyl (C=O) groups excluding carboxylic acids is 2. The SMILES string of the molecule is CC(C)CC(=O)N1Cc2ccccc2CC1C(=O)N1CCC(C(=O)O)C1. The van der Waals surface area contributed by atoms with Crippen molar-refractivity contribution in [2.24, 2.45) is 11.8 Å². The summed E-state index contributed by atoms with van der Waals surface area (Å²) in [6.07, 6.45) is 1.38. The lowest BCUT2D eigenvalue weighted by atomic mass is 9.92. The Balaban J connectivity index is 1.83. The quantitative estimate of drug-likeness (QED) is 0.892. The van der Waals surface area contributed by atoms with Crippen molar-refractivity contribution in [2.75, 3.05) is 13.1 Å². The molecule has 1 N–H and O–H groups in total. The van der Waals surface area contributed by atoms with E-state index >= 15 is 0 Å². The molecule has 0 aromatic heterocycles. The van der Waals surface area contributed by atoms with Crippen LogP contribution >= 0.6 is 0 Å². The zero-order valence-corrected chi connectivity index (χ0v) is 15.4. The zero-order chi connectivity index (χ0) is 18.8. The monoisotopic (exact) mass is 358 g/mol. The molecule has 0 aliphatic carbocycles. The molecule has 0 radical (unpaired) electrons. The molecule has 26 heavy (non-hydrogen) atoms. The van der Waals surface area contributed by atoms with E-state index in [4.69, 9.17) is 0 Å². The second-order valence-corrected chi connectivity index (χ2v) is 7.72. The predicted molar refractivity (Wildman–Crippen MR) is 96.3 cm³/mol. The van der Waals surface area contributed by atoms with Crippen LogP contribution in [0.15, 0.2) is 24.3 Å². The van der Waals surface area contributed by atoms with Gasteiger partial charge in [0.15, 0.2) is 0 Å². The van der Waals surface area contributed by atoms with Crippen molar-refractivity contribution in [3.8, 4) is 0 Å². The maximum atomic E-state index is 13.1. The number of nitrogens with zero attached hydrogens (tertiary/aromatic N) is 2. The number of carbonyl (C=O) groups is 3. The van der Waals surface area contributed by atoms with Gasteiger partial charge in [-0.2, -0.15) is 0 Å². The van der Waals surface area contributed by atoms with E-state index in [1.165, 1.54) is 0 Å². The molecule has 2 aliphatic rings. The highest BCUT2D eigenvalue weighted by Gasteiger charge is 2.40. The summed E-state index contributed by atoms with van der Waals surface area (Å²) in [7, 11) is 0. The Bertz CT molecular complexity index is 716. The lowest BCUT2D eigenvalue weighted by Gasteiger charge is -2.38. The Morgan fingerprint density at radius 2 is 1.88 bits per heavy atom. The van der Waals surface area contributed by atoms with Crippen LogP contribution in [0.2, 0.25) is 0 Å². The van der Waals surface area contributed by atoms with E-state index in [9.17, 15) is 19.5 Å². The van der Waals surface area contributed by atoms with Gasteiger partial charge in [-0.1, -0.05) is 38.1 Å². The standard InChI is InChI=1S/C20H26N2O4/c1-13(2)9-18(23)22-12-15-6-4-3-5-14(15)10-17(22)19(24)21-8-7-16(11-21)20(25)26/h3-6,13,16-17H,7-12H2,1-2H3,(H,25,26). The average Bonchev–Trinajstić information content (AvgIpc) is 3.09. The summed E-state index contributed by atoms with van der Waals surface area (Å²) in [6.45, 7) is 5.10. The minimum absolute atomic E-state index is 0.0122. The van der Waals surface area contributed by atoms with Gasteiger partial charge in [-0.25, -0.2) is 0 Å². The van der Waals surface area contributed by atoms with Crippen LogP contribution in [0.25, 0.3) is 0 Å². The number of hydrogen-bond donors (Lipinski definition) is 1. The Kier molecular flexibility index (Phi) is 5.30. The first-order valence-electron chi connectivity index (χ1n) is 9.24. The summed E-state index contributed by atoms with van der Waals surface area (Å²) in [5, 5.41) is 9.19. The molecule has 6 nitrogen and oxygen atoms in total. The second-order valence-electron chi connectivity index (χ2n) is 7.72. The number of amides is 2. The van der Waals surface area contributed by atoms with Crippen molar-refractivity contribution in [3.05, 3.63) is 35.4 Å². The van der Waals surface area contributed by atoms with E-state index < -0.39 is 17.9 Å². The summed E-state index contributed by atoms with van der Waals surface area (Å²) in [5.74, 6) is -1.28. The highest BCUT2D eigenvalue weighted by Crippen LogP contribution is 2.27. The molecular formula is C20H26N2O4. The highest BCUT2D eigenvalue weighted by atomic mass is 16.4. The fourth-order valence-corrected chi connectivity index (χ4v) is 3.84. The molecule has 3 rings (SSSR count). The minimum Gasteiger partial charge on any atom is -0.481 e. The molecule has 140 valence electrons. The zero-order valence-electron chi connectivity index (χ0n) is 15.4. The van der Waals surface area contributed by atoms with E-state index in [1.54, 1.807) is 9.80 Å². The number of hydrogen-bond acceptors (Lipinski definition) is 3. The van der Waals surface area contributed by atoms with Crippen LogP contribution in [0.3, 0.4) is 0 Å². The number of aliphatic carboxylic acids is 1. The second kappa shape index (κ2) is 7.48. The molecule has 1 fully saturated rings. The van der Waals surface area contributed by atoms with Crippen molar-refractivity contribution < 1.29 is 19.5 Å². The van der Waals surface area contributed by atoms with E-state index in [-0.39, 0.29) is 24.3 Å². The summed E-state index contributed by atoms with van der Waals surface area (Å²) in [6, 6.07) is 7.36. The van der Waals surface area contributed by atoms with Crippen LogP contribution in [0.4, 0.5) is 0 Å². The first kappa shape index (κ1) is 18.4. The van der Waals surface area contributed by atoms with E-state index in [2.05, 4.69) is 0 Å². The van der Waals surface area contributed by atoms with Crippen LogP contribution < -0.4 is 0 Å². The number of carboxylic acids is 1. The maximum Gasteiger partial charge on any atom is 0.308 e. The largest absolute Gasteiger partial charge is 0.481 e. The van der Waals surface area contributed by atoms with Gasteiger partial charge in [-0.05, 0) is 23.5 Å².